The Kier molecular flexibility index (Phi) is 3.12. The van der Waals surface area contributed by atoms with Crippen LogP contribution in [-0.2, 0) is 0 Å². The number of nitrogens with zero attached hydrogens (tertiary/aromatic N) is 1. The van der Waals surface area contributed by atoms with Crippen LogP contribution in [0.4, 0.5) is 5.69 Å². The predicted octanol–water partition coefficient (Wildman–Crippen LogP) is 0.364. The number of aromatic nitrogens is 1. The Morgan fingerprint density at radius 1 is 1.42 bits per heavy atom. The minimum absolute atomic E-state index is 0.586. The molecule has 12 heavy (non-hydrogen) atoms. The van der Waals surface area contributed by atoms with Crippen molar-refractivity contribution in [3.05, 3.63) is 24.0 Å². The molecule has 1 heterocycles. The molecule has 0 radical (unpaired) electrons. The van der Waals surface area contributed by atoms with Gasteiger partial charge in [0.25, 0.3) is 0 Å². The van der Waals surface area contributed by atoms with E-state index in [2.05, 4.69) is 16.8 Å². The van der Waals surface area contributed by atoms with Crippen LogP contribution in [0.1, 0.15) is 12.0 Å². The predicted molar refractivity (Wildman–Crippen MR) is 49.2 cm³/mol. The summed E-state index contributed by atoms with van der Waals surface area (Å²) in [7, 11) is 0. The van der Waals surface area contributed by atoms with Gasteiger partial charge in [-0.25, -0.2) is 0 Å². The Balaban J connectivity index is 2.71. The van der Waals surface area contributed by atoms with Crippen LogP contribution in [0.2, 0.25) is 0 Å². The Hall–Kier alpha value is -1.53. The SMILES string of the molecule is NCCC#Cc1cncc(N)c1. The van der Waals surface area contributed by atoms with Gasteiger partial charge in [0.2, 0.25) is 0 Å². The molecule has 1 aromatic rings. The number of hydrogen-bond acceptors (Lipinski definition) is 3. The average Bonchev–Trinajstić information content (AvgIpc) is 2.05. The second kappa shape index (κ2) is 4.37. The number of hydrogen-bond donors (Lipinski definition) is 2. The van der Waals surface area contributed by atoms with E-state index in [1.165, 1.54) is 0 Å². The van der Waals surface area contributed by atoms with Gasteiger partial charge in [0, 0.05) is 30.9 Å². The van der Waals surface area contributed by atoms with E-state index in [0.717, 1.165) is 5.56 Å². The highest BCUT2D eigenvalue weighted by molar-refractivity contribution is 5.43. The summed E-state index contributed by atoms with van der Waals surface area (Å²) in [6.07, 6.45) is 3.97. The first-order valence-corrected chi connectivity index (χ1v) is 3.72. The Labute approximate surface area is 71.8 Å². The molecule has 0 amide bonds. The third-order valence-corrected chi connectivity index (χ3v) is 1.26. The van der Waals surface area contributed by atoms with Crippen LogP contribution in [0.3, 0.4) is 0 Å². The maximum Gasteiger partial charge on any atom is 0.0513 e. The maximum atomic E-state index is 5.51. The van der Waals surface area contributed by atoms with Crippen LogP contribution in [-0.4, -0.2) is 11.5 Å². The van der Waals surface area contributed by atoms with Crippen molar-refractivity contribution in [2.75, 3.05) is 12.3 Å². The molecule has 0 saturated heterocycles. The quantitative estimate of drug-likeness (QED) is 0.585. The fourth-order valence-electron chi connectivity index (χ4n) is 0.763. The summed E-state index contributed by atoms with van der Waals surface area (Å²) in [5.74, 6) is 5.82. The van der Waals surface area contributed by atoms with E-state index < -0.39 is 0 Å². The Bertz CT molecular complexity index is 309. The summed E-state index contributed by atoms with van der Waals surface area (Å²) in [5, 5.41) is 0. The summed E-state index contributed by atoms with van der Waals surface area (Å²) in [6.45, 7) is 0.586. The van der Waals surface area contributed by atoms with Crippen molar-refractivity contribution in [3.63, 3.8) is 0 Å². The van der Waals surface area contributed by atoms with Gasteiger partial charge in [-0.15, -0.1) is 0 Å². The molecule has 3 heteroatoms. The molecule has 0 aromatic carbocycles. The van der Waals surface area contributed by atoms with E-state index in [4.69, 9.17) is 11.5 Å². The number of pyridine rings is 1. The lowest BCUT2D eigenvalue weighted by Crippen LogP contribution is -1.95. The van der Waals surface area contributed by atoms with E-state index >= 15 is 0 Å². The Morgan fingerprint density at radius 3 is 2.92 bits per heavy atom. The fraction of sp³-hybridized carbons (Fsp3) is 0.222. The van der Waals surface area contributed by atoms with Crippen LogP contribution >= 0.6 is 0 Å². The van der Waals surface area contributed by atoms with E-state index in [1.807, 2.05) is 0 Å². The number of nitrogens with two attached hydrogens (primary N) is 2. The van der Waals surface area contributed by atoms with Gasteiger partial charge in [-0.2, -0.15) is 0 Å². The topological polar surface area (TPSA) is 64.9 Å². The van der Waals surface area contributed by atoms with Crippen molar-refractivity contribution >= 4 is 5.69 Å². The first-order chi connectivity index (χ1) is 5.83. The lowest BCUT2D eigenvalue weighted by molar-refractivity contribution is 1.03. The van der Waals surface area contributed by atoms with Crippen molar-refractivity contribution in [2.24, 2.45) is 5.73 Å². The second-order valence-corrected chi connectivity index (χ2v) is 2.35. The Morgan fingerprint density at radius 2 is 2.25 bits per heavy atom. The van der Waals surface area contributed by atoms with Gasteiger partial charge in [-0.1, -0.05) is 11.8 Å². The molecule has 0 aliphatic rings. The van der Waals surface area contributed by atoms with Crippen molar-refractivity contribution in [2.45, 2.75) is 6.42 Å². The van der Waals surface area contributed by atoms with E-state index in [9.17, 15) is 0 Å². The van der Waals surface area contributed by atoms with Crippen molar-refractivity contribution < 1.29 is 0 Å². The minimum atomic E-state index is 0.586. The molecule has 0 bridgehead atoms. The molecule has 0 atom stereocenters. The largest absolute Gasteiger partial charge is 0.397 e. The molecule has 0 unspecified atom stereocenters. The van der Waals surface area contributed by atoms with Gasteiger partial charge in [0.15, 0.2) is 0 Å². The van der Waals surface area contributed by atoms with Gasteiger partial charge in [-0.3, -0.25) is 4.98 Å². The summed E-state index contributed by atoms with van der Waals surface area (Å²) in [4.78, 5) is 3.90. The first-order valence-electron chi connectivity index (χ1n) is 3.72. The molecule has 3 nitrogen and oxygen atoms in total. The second-order valence-electron chi connectivity index (χ2n) is 2.35. The van der Waals surface area contributed by atoms with Gasteiger partial charge < -0.3 is 11.5 Å². The molecule has 1 aromatic heterocycles. The van der Waals surface area contributed by atoms with E-state index in [-0.39, 0.29) is 0 Å². The fourth-order valence-corrected chi connectivity index (χ4v) is 0.763. The molecule has 62 valence electrons. The molecule has 0 aliphatic carbocycles. The zero-order chi connectivity index (χ0) is 8.81. The maximum absolute atomic E-state index is 5.51. The molecule has 0 spiro atoms. The van der Waals surface area contributed by atoms with Crippen molar-refractivity contribution in [1.82, 2.24) is 4.98 Å². The van der Waals surface area contributed by atoms with Crippen LogP contribution in [0, 0.1) is 11.8 Å². The summed E-state index contributed by atoms with van der Waals surface area (Å²) >= 11 is 0. The number of anilines is 1. The van der Waals surface area contributed by atoms with Crippen molar-refractivity contribution in [3.8, 4) is 11.8 Å². The number of nitrogen functional groups attached to an aromatic ring is 1. The molecule has 1 rings (SSSR count). The molecular weight excluding hydrogens is 150 g/mol. The summed E-state index contributed by atoms with van der Waals surface area (Å²) < 4.78 is 0. The molecular formula is C9H11N3. The number of rotatable bonds is 1. The van der Waals surface area contributed by atoms with Crippen LogP contribution in [0.5, 0.6) is 0 Å². The van der Waals surface area contributed by atoms with Crippen LogP contribution in [0.25, 0.3) is 0 Å². The standard InChI is InChI=1S/C9H11N3/c10-4-2-1-3-8-5-9(11)7-12-6-8/h5-7H,2,4,10-11H2. The van der Waals surface area contributed by atoms with E-state index in [1.54, 1.807) is 18.5 Å². The third-order valence-electron chi connectivity index (χ3n) is 1.26. The van der Waals surface area contributed by atoms with Gasteiger partial charge in [0.05, 0.1) is 5.69 Å². The highest BCUT2D eigenvalue weighted by Gasteiger charge is 1.87. The zero-order valence-corrected chi connectivity index (χ0v) is 6.75. The van der Waals surface area contributed by atoms with Gasteiger partial charge in [-0.05, 0) is 6.07 Å². The van der Waals surface area contributed by atoms with Crippen molar-refractivity contribution in [1.29, 1.82) is 0 Å². The van der Waals surface area contributed by atoms with Gasteiger partial charge in [0.1, 0.15) is 0 Å². The normalized spacial score (nSPS) is 8.75. The highest BCUT2D eigenvalue weighted by atomic mass is 14.7. The third kappa shape index (κ3) is 2.60. The zero-order valence-electron chi connectivity index (χ0n) is 6.75. The molecule has 0 aliphatic heterocycles. The van der Waals surface area contributed by atoms with Gasteiger partial charge >= 0.3 is 0 Å². The van der Waals surface area contributed by atoms with Crippen LogP contribution < -0.4 is 11.5 Å². The minimum Gasteiger partial charge on any atom is -0.397 e. The first kappa shape index (κ1) is 8.57. The lowest BCUT2D eigenvalue weighted by Gasteiger charge is -1.91. The average molecular weight is 161 g/mol. The monoisotopic (exact) mass is 161 g/mol. The lowest BCUT2D eigenvalue weighted by atomic mass is 10.2. The smallest absolute Gasteiger partial charge is 0.0513 e. The molecule has 0 saturated carbocycles. The van der Waals surface area contributed by atoms with E-state index in [0.29, 0.717) is 18.7 Å². The summed E-state index contributed by atoms with van der Waals surface area (Å²) in [6, 6.07) is 1.79. The van der Waals surface area contributed by atoms with Crippen LogP contribution in [0.15, 0.2) is 18.5 Å². The molecule has 4 N–H and O–H groups in total. The molecule has 0 fully saturated rings. The highest BCUT2D eigenvalue weighted by Crippen LogP contribution is 2.01. The summed E-state index contributed by atoms with van der Waals surface area (Å²) in [5.41, 5.74) is 12.3.